The molecule has 1 atom stereocenters. The first-order valence-electron chi connectivity index (χ1n) is 4.55. The molecule has 2 nitrogen and oxygen atoms in total. The minimum absolute atomic E-state index is 0.120. The lowest BCUT2D eigenvalue weighted by atomic mass is 9.68. The smallest absolute Gasteiger partial charge is 0.0555 e. The van der Waals surface area contributed by atoms with Gasteiger partial charge in [-0.15, -0.1) is 0 Å². The zero-order valence-corrected chi connectivity index (χ0v) is 7.64. The van der Waals surface area contributed by atoms with E-state index < -0.39 is 0 Å². The Kier molecular flexibility index (Phi) is 2.55. The predicted octanol–water partition coefficient (Wildman–Crippen LogP) is 1.45. The summed E-state index contributed by atoms with van der Waals surface area (Å²) in [6, 6.07) is 0. The van der Waals surface area contributed by atoms with Crippen LogP contribution in [0.5, 0.6) is 0 Å². The summed E-state index contributed by atoms with van der Waals surface area (Å²) in [5.74, 6) is 0.524. The number of hydrogen-bond donors (Lipinski definition) is 2. The second-order valence-electron chi connectivity index (χ2n) is 4.42. The number of rotatable bonds is 1. The Labute approximate surface area is 69.3 Å². The van der Waals surface area contributed by atoms with Crippen LogP contribution in [0.25, 0.3) is 0 Å². The van der Waals surface area contributed by atoms with Crippen molar-refractivity contribution in [1.82, 2.24) is 0 Å². The molecule has 1 aliphatic carbocycles. The van der Waals surface area contributed by atoms with Crippen LogP contribution in [0.2, 0.25) is 0 Å². The van der Waals surface area contributed by atoms with E-state index >= 15 is 0 Å². The van der Waals surface area contributed by atoms with Crippen molar-refractivity contribution < 1.29 is 0 Å². The summed E-state index contributed by atoms with van der Waals surface area (Å²) in [5, 5.41) is 0. The largest absolute Gasteiger partial charge is 0.316 e. The first-order chi connectivity index (χ1) is 5.04. The molecule has 0 aromatic rings. The van der Waals surface area contributed by atoms with Gasteiger partial charge in [0.1, 0.15) is 0 Å². The first-order valence-corrected chi connectivity index (χ1v) is 4.55. The molecule has 0 amide bonds. The van der Waals surface area contributed by atoms with Gasteiger partial charge in [-0.2, -0.15) is 0 Å². The standard InChI is InChI=1S/C9H20N2/c1-9(2)6-4-3-5-7(9)8(10)11/h7-8H,3-6,10-11H2,1-2H3. The second-order valence-corrected chi connectivity index (χ2v) is 4.42. The van der Waals surface area contributed by atoms with E-state index in [1.54, 1.807) is 0 Å². The number of nitrogens with two attached hydrogens (primary N) is 2. The molecule has 0 saturated heterocycles. The zero-order valence-electron chi connectivity index (χ0n) is 7.64. The van der Waals surface area contributed by atoms with E-state index in [9.17, 15) is 0 Å². The SMILES string of the molecule is CC1(C)CCCCC1C(N)N. The van der Waals surface area contributed by atoms with Crippen LogP contribution in [-0.4, -0.2) is 6.17 Å². The van der Waals surface area contributed by atoms with E-state index in [0.717, 1.165) is 0 Å². The van der Waals surface area contributed by atoms with Gasteiger partial charge in [0, 0.05) is 0 Å². The molecule has 0 aromatic carbocycles. The van der Waals surface area contributed by atoms with Crippen molar-refractivity contribution in [3.05, 3.63) is 0 Å². The molecule has 0 aliphatic heterocycles. The molecule has 66 valence electrons. The highest BCUT2D eigenvalue weighted by Crippen LogP contribution is 2.40. The Morgan fingerprint density at radius 1 is 1.27 bits per heavy atom. The van der Waals surface area contributed by atoms with Gasteiger partial charge in [0.15, 0.2) is 0 Å². The van der Waals surface area contributed by atoms with Crippen LogP contribution in [-0.2, 0) is 0 Å². The molecule has 2 heteroatoms. The molecule has 0 spiro atoms. The van der Waals surface area contributed by atoms with Gasteiger partial charge in [-0.25, -0.2) is 0 Å². The Bertz CT molecular complexity index is 130. The Morgan fingerprint density at radius 3 is 2.27 bits per heavy atom. The maximum atomic E-state index is 5.72. The van der Waals surface area contributed by atoms with Crippen LogP contribution in [0.3, 0.4) is 0 Å². The van der Waals surface area contributed by atoms with Gasteiger partial charge in [0.2, 0.25) is 0 Å². The normalized spacial score (nSPS) is 30.8. The van der Waals surface area contributed by atoms with Gasteiger partial charge in [-0.3, -0.25) is 0 Å². The molecule has 1 fully saturated rings. The fourth-order valence-corrected chi connectivity index (χ4v) is 2.23. The Balaban J connectivity index is 2.60. The van der Waals surface area contributed by atoms with Crippen LogP contribution in [0.4, 0.5) is 0 Å². The average molecular weight is 156 g/mol. The summed E-state index contributed by atoms with van der Waals surface area (Å²) < 4.78 is 0. The van der Waals surface area contributed by atoms with Gasteiger partial charge < -0.3 is 11.5 Å². The zero-order chi connectivity index (χ0) is 8.48. The highest BCUT2D eigenvalue weighted by molar-refractivity contribution is 4.86. The third-order valence-corrected chi connectivity index (χ3v) is 3.05. The van der Waals surface area contributed by atoms with Crippen molar-refractivity contribution in [2.45, 2.75) is 45.7 Å². The van der Waals surface area contributed by atoms with Gasteiger partial charge in [-0.1, -0.05) is 26.7 Å². The fourth-order valence-electron chi connectivity index (χ4n) is 2.23. The Morgan fingerprint density at radius 2 is 1.91 bits per heavy atom. The highest BCUT2D eigenvalue weighted by atomic mass is 14.9. The fraction of sp³-hybridized carbons (Fsp3) is 1.00. The molecule has 0 bridgehead atoms. The maximum absolute atomic E-state index is 5.72. The van der Waals surface area contributed by atoms with Gasteiger partial charge in [0.25, 0.3) is 0 Å². The van der Waals surface area contributed by atoms with Crippen molar-refractivity contribution in [3.8, 4) is 0 Å². The maximum Gasteiger partial charge on any atom is 0.0555 e. The number of hydrogen-bond acceptors (Lipinski definition) is 2. The van der Waals surface area contributed by atoms with Gasteiger partial charge in [0.05, 0.1) is 6.17 Å². The molecule has 1 saturated carbocycles. The topological polar surface area (TPSA) is 52.0 Å². The molecule has 4 N–H and O–H groups in total. The van der Waals surface area contributed by atoms with Crippen molar-refractivity contribution >= 4 is 0 Å². The Hall–Kier alpha value is -0.0800. The van der Waals surface area contributed by atoms with Crippen LogP contribution in [0.15, 0.2) is 0 Å². The van der Waals surface area contributed by atoms with Gasteiger partial charge in [-0.05, 0) is 24.2 Å². The average Bonchev–Trinajstić information content (AvgIpc) is 1.85. The minimum Gasteiger partial charge on any atom is -0.316 e. The molecule has 0 heterocycles. The van der Waals surface area contributed by atoms with E-state index in [4.69, 9.17) is 11.5 Å². The van der Waals surface area contributed by atoms with Crippen molar-refractivity contribution in [1.29, 1.82) is 0 Å². The van der Waals surface area contributed by atoms with Crippen LogP contribution >= 0.6 is 0 Å². The molecule has 0 aromatic heterocycles. The monoisotopic (exact) mass is 156 g/mol. The molecule has 11 heavy (non-hydrogen) atoms. The van der Waals surface area contributed by atoms with E-state index in [1.807, 2.05) is 0 Å². The summed E-state index contributed by atoms with van der Waals surface area (Å²) in [6.45, 7) is 4.56. The van der Waals surface area contributed by atoms with E-state index in [1.165, 1.54) is 25.7 Å². The quantitative estimate of drug-likeness (QED) is 0.564. The van der Waals surface area contributed by atoms with E-state index in [-0.39, 0.29) is 6.17 Å². The molecular formula is C9H20N2. The van der Waals surface area contributed by atoms with Crippen LogP contribution < -0.4 is 11.5 Å². The summed E-state index contributed by atoms with van der Waals surface area (Å²) in [4.78, 5) is 0. The molecule has 0 radical (unpaired) electrons. The lowest BCUT2D eigenvalue weighted by molar-refractivity contribution is 0.114. The van der Waals surface area contributed by atoms with Crippen molar-refractivity contribution in [2.75, 3.05) is 0 Å². The molecule has 1 aliphatic rings. The van der Waals surface area contributed by atoms with E-state index in [2.05, 4.69) is 13.8 Å². The molecular weight excluding hydrogens is 136 g/mol. The van der Waals surface area contributed by atoms with Crippen LogP contribution in [0, 0.1) is 11.3 Å². The van der Waals surface area contributed by atoms with E-state index in [0.29, 0.717) is 11.3 Å². The van der Waals surface area contributed by atoms with Gasteiger partial charge >= 0.3 is 0 Å². The third-order valence-electron chi connectivity index (χ3n) is 3.05. The summed E-state index contributed by atoms with van der Waals surface area (Å²) in [6.07, 6.45) is 5.02. The molecule has 1 rings (SSSR count). The lowest BCUT2D eigenvalue weighted by Crippen LogP contribution is -2.47. The van der Waals surface area contributed by atoms with Crippen LogP contribution in [0.1, 0.15) is 39.5 Å². The highest BCUT2D eigenvalue weighted by Gasteiger charge is 2.34. The second kappa shape index (κ2) is 3.11. The third kappa shape index (κ3) is 1.94. The summed E-state index contributed by atoms with van der Waals surface area (Å²) >= 11 is 0. The van der Waals surface area contributed by atoms with Crippen molar-refractivity contribution in [2.24, 2.45) is 22.8 Å². The molecule has 1 unspecified atom stereocenters. The lowest BCUT2D eigenvalue weighted by Gasteiger charge is -2.40. The van der Waals surface area contributed by atoms with Crippen molar-refractivity contribution in [3.63, 3.8) is 0 Å². The summed E-state index contributed by atoms with van der Waals surface area (Å²) in [5.41, 5.74) is 11.8. The summed E-state index contributed by atoms with van der Waals surface area (Å²) in [7, 11) is 0. The predicted molar refractivity (Wildman–Crippen MR) is 47.9 cm³/mol. The first kappa shape index (κ1) is 9.01. The minimum atomic E-state index is -0.120.